The van der Waals surface area contributed by atoms with Crippen LogP contribution in [0.25, 0.3) is 0 Å². The molecule has 124 valence electrons. The van der Waals surface area contributed by atoms with E-state index in [0.717, 1.165) is 25.3 Å². The number of hydrogen-bond donors (Lipinski definition) is 2. The number of esters is 1. The third-order valence-corrected chi connectivity index (χ3v) is 3.13. The summed E-state index contributed by atoms with van der Waals surface area (Å²) < 4.78 is 6.70. The van der Waals surface area contributed by atoms with E-state index in [1.807, 2.05) is 18.4 Å². The fourth-order valence-electron chi connectivity index (χ4n) is 1.88. The molecule has 8 nitrogen and oxygen atoms in total. The van der Waals surface area contributed by atoms with Crippen molar-refractivity contribution in [3.8, 4) is 0 Å². The molecule has 0 saturated carbocycles. The van der Waals surface area contributed by atoms with Crippen molar-refractivity contribution in [2.24, 2.45) is 10.9 Å². The van der Waals surface area contributed by atoms with Crippen molar-refractivity contribution in [1.29, 1.82) is 0 Å². The Kier molecular flexibility index (Phi) is 7.95. The highest BCUT2D eigenvalue weighted by Crippen LogP contribution is 1.98. The van der Waals surface area contributed by atoms with Crippen LogP contribution in [0.5, 0.6) is 0 Å². The van der Waals surface area contributed by atoms with Gasteiger partial charge < -0.3 is 19.9 Å². The predicted molar refractivity (Wildman–Crippen MR) is 84.6 cm³/mol. The summed E-state index contributed by atoms with van der Waals surface area (Å²) in [6.07, 6.45) is 2.58. The molecule has 0 fully saturated rings. The van der Waals surface area contributed by atoms with Gasteiger partial charge in [-0.2, -0.15) is 0 Å². The van der Waals surface area contributed by atoms with E-state index in [0.29, 0.717) is 19.0 Å². The van der Waals surface area contributed by atoms with Crippen LogP contribution in [-0.2, 0) is 22.5 Å². The molecule has 1 aromatic heterocycles. The van der Waals surface area contributed by atoms with E-state index in [2.05, 4.69) is 25.8 Å². The number of aliphatic imine (C=N–C) groups is 1. The Morgan fingerprint density at radius 3 is 2.86 bits per heavy atom. The summed E-state index contributed by atoms with van der Waals surface area (Å²) in [5.41, 5.74) is 0. The number of methoxy groups -OCH3 is 1. The zero-order chi connectivity index (χ0) is 16.4. The molecule has 0 aliphatic rings. The van der Waals surface area contributed by atoms with E-state index in [1.54, 1.807) is 13.3 Å². The lowest BCUT2D eigenvalue weighted by Gasteiger charge is -2.13. The van der Waals surface area contributed by atoms with Gasteiger partial charge in [-0.25, -0.2) is 0 Å². The second kappa shape index (κ2) is 9.75. The van der Waals surface area contributed by atoms with Gasteiger partial charge in [-0.1, -0.05) is 13.8 Å². The lowest BCUT2D eigenvalue weighted by Crippen LogP contribution is -2.39. The normalized spacial score (nSPS) is 12.8. The monoisotopic (exact) mass is 310 g/mol. The van der Waals surface area contributed by atoms with Gasteiger partial charge in [-0.15, -0.1) is 10.2 Å². The number of aromatic nitrogens is 3. The van der Waals surface area contributed by atoms with E-state index in [-0.39, 0.29) is 11.9 Å². The third-order valence-electron chi connectivity index (χ3n) is 3.13. The first-order valence-corrected chi connectivity index (χ1v) is 7.59. The Bertz CT molecular complexity index is 485. The molecule has 0 saturated heterocycles. The molecule has 1 aromatic rings. The number of ether oxygens (including phenoxy) is 1. The number of hydrogen-bond acceptors (Lipinski definition) is 5. The van der Waals surface area contributed by atoms with Crippen LogP contribution in [0.3, 0.4) is 0 Å². The average Bonchev–Trinajstić information content (AvgIpc) is 2.98. The SMILES string of the molecule is CCNC(=NCC(C)C(=O)OC)NCCn1cnnc1CC. The number of carbonyl (C=O) groups is 1. The van der Waals surface area contributed by atoms with Gasteiger partial charge in [0.25, 0.3) is 0 Å². The second-order valence-corrected chi connectivity index (χ2v) is 4.86. The fourth-order valence-corrected chi connectivity index (χ4v) is 1.88. The van der Waals surface area contributed by atoms with Crippen molar-refractivity contribution in [1.82, 2.24) is 25.4 Å². The minimum Gasteiger partial charge on any atom is -0.469 e. The molecular weight excluding hydrogens is 284 g/mol. The summed E-state index contributed by atoms with van der Waals surface area (Å²) >= 11 is 0. The zero-order valence-corrected chi connectivity index (χ0v) is 13.8. The van der Waals surface area contributed by atoms with Gasteiger partial charge in [0.2, 0.25) is 0 Å². The summed E-state index contributed by atoms with van der Waals surface area (Å²) in [7, 11) is 1.39. The Morgan fingerprint density at radius 1 is 1.45 bits per heavy atom. The third kappa shape index (κ3) is 5.71. The molecule has 0 spiro atoms. The Balaban J connectivity index is 2.48. The van der Waals surface area contributed by atoms with Crippen LogP contribution in [0.15, 0.2) is 11.3 Å². The number of aryl methyl sites for hydroxylation is 1. The second-order valence-electron chi connectivity index (χ2n) is 4.86. The maximum atomic E-state index is 11.4. The van der Waals surface area contributed by atoms with Crippen LogP contribution in [0.1, 0.15) is 26.6 Å². The van der Waals surface area contributed by atoms with Crippen molar-refractivity contribution in [2.45, 2.75) is 33.7 Å². The van der Waals surface area contributed by atoms with Crippen LogP contribution in [0.4, 0.5) is 0 Å². The smallest absolute Gasteiger partial charge is 0.310 e. The maximum absolute atomic E-state index is 11.4. The predicted octanol–water partition coefficient (Wildman–Crippen LogP) is 0.205. The lowest BCUT2D eigenvalue weighted by molar-refractivity contribution is -0.144. The summed E-state index contributed by atoms with van der Waals surface area (Å²) in [5.74, 6) is 1.13. The summed E-state index contributed by atoms with van der Waals surface area (Å²) in [6.45, 7) is 8.43. The van der Waals surface area contributed by atoms with Crippen LogP contribution in [0.2, 0.25) is 0 Å². The number of nitrogens with one attached hydrogen (secondary N) is 2. The van der Waals surface area contributed by atoms with E-state index in [4.69, 9.17) is 4.74 Å². The maximum Gasteiger partial charge on any atom is 0.310 e. The highest BCUT2D eigenvalue weighted by molar-refractivity contribution is 5.80. The van der Waals surface area contributed by atoms with Crippen molar-refractivity contribution < 1.29 is 9.53 Å². The van der Waals surface area contributed by atoms with E-state index >= 15 is 0 Å². The molecule has 0 radical (unpaired) electrons. The van der Waals surface area contributed by atoms with Gasteiger partial charge in [0.1, 0.15) is 12.2 Å². The molecular formula is C14H26N6O2. The minimum absolute atomic E-state index is 0.253. The van der Waals surface area contributed by atoms with Crippen molar-refractivity contribution in [2.75, 3.05) is 26.7 Å². The molecule has 0 aliphatic heterocycles. The Hall–Kier alpha value is -2.12. The quantitative estimate of drug-likeness (QED) is 0.405. The molecule has 0 amide bonds. The van der Waals surface area contributed by atoms with Crippen molar-refractivity contribution in [3.63, 3.8) is 0 Å². The standard InChI is InChI=1S/C14H26N6O2/c1-5-12-19-18-10-20(12)8-7-16-14(15-6-2)17-9-11(3)13(21)22-4/h10-11H,5-9H2,1-4H3,(H2,15,16,17). The molecule has 8 heteroatoms. The lowest BCUT2D eigenvalue weighted by atomic mass is 10.2. The number of nitrogens with zero attached hydrogens (tertiary/aromatic N) is 4. The van der Waals surface area contributed by atoms with Crippen LogP contribution >= 0.6 is 0 Å². The van der Waals surface area contributed by atoms with E-state index in [9.17, 15) is 4.79 Å². The summed E-state index contributed by atoms with van der Waals surface area (Å²) in [4.78, 5) is 15.8. The Labute approximate surface area is 131 Å². The topological polar surface area (TPSA) is 93.4 Å². The number of rotatable bonds is 8. The first-order chi connectivity index (χ1) is 10.6. The first kappa shape index (κ1) is 17.9. The first-order valence-electron chi connectivity index (χ1n) is 7.59. The van der Waals surface area contributed by atoms with Crippen molar-refractivity contribution >= 4 is 11.9 Å². The molecule has 2 N–H and O–H groups in total. The fraction of sp³-hybridized carbons (Fsp3) is 0.714. The van der Waals surface area contributed by atoms with Gasteiger partial charge >= 0.3 is 5.97 Å². The minimum atomic E-state index is -0.259. The molecule has 0 bridgehead atoms. The number of guanidine groups is 1. The van der Waals surface area contributed by atoms with E-state index in [1.165, 1.54) is 7.11 Å². The molecule has 1 rings (SSSR count). The number of carbonyl (C=O) groups excluding carboxylic acids is 1. The van der Waals surface area contributed by atoms with Crippen LogP contribution in [0, 0.1) is 5.92 Å². The zero-order valence-electron chi connectivity index (χ0n) is 13.8. The molecule has 0 aliphatic carbocycles. The molecule has 1 heterocycles. The van der Waals surface area contributed by atoms with Gasteiger partial charge in [0.05, 0.1) is 19.6 Å². The van der Waals surface area contributed by atoms with Gasteiger partial charge in [-0.3, -0.25) is 9.79 Å². The average molecular weight is 310 g/mol. The highest BCUT2D eigenvalue weighted by Gasteiger charge is 2.12. The highest BCUT2D eigenvalue weighted by atomic mass is 16.5. The van der Waals surface area contributed by atoms with Crippen LogP contribution < -0.4 is 10.6 Å². The molecule has 22 heavy (non-hydrogen) atoms. The summed E-state index contributed by atoms with van der Waals surface area (Å²) in [6, 6.07) is 0. The van der Waals surface area contributed by atoms with Gasteiger partial charge in [-0.05, 0) is 6.92 Å². The van der Waals surface area contributed by atoms with E-state index < -0.39 is 0 Å². The summed E-state index contributed by atoms with van der Waals surface area (Å²) in [5, 5.41) is 14.3. The van der Waals surface area contributed by atoms with Crippen molar-refractivity contribution in [3.05, 3.63) is 12.2 Å². The molecule has 0 aromatic carbocycles. The Morgan fingerprint density at radius 2 is 2.23 bits per heavy atom. The molecule has 1 atom stereocenters. The van der Waals surface area contributed by atoms with Gasteiger partial charge in [0, 0.05) is 26.1 Å². The molecule has 1 unspecified atom stereocenters. The largest absolute Gasteiger partial charge is 0.469 e. The van der Waals surface area contributed by atoms with Gasteiger partial charge in [0.15, 0.2) is 5.96 Å². The van der Waals surface area contributed by atoms with Crippen LogP contribution in [-0.4, -0.2) is 53.4 Å².